The van der Waals surface area contributed by atoms with Crippen molar-refractivity contribution in [2.24, 2.45) is 16.5 Å². The average Bonchev–Trinajstić information content (AvgIpc) is 3.24. The lowest BCUT2D eigenvalue weighted by Gasteiger charge is -2.37. The maximum atomic E-state index is 13.5. The second kappa shape index (κ2) is 13.4. The maximum absolute atomic E-state index is 13.5. The highest BCUT2D eigenvalue weighted by atomic mass is 32.2. The number of carbonyl (C=O) groups is 5. The lowest BCUT2D eigenvalue weighted by molar-refractivity contribution is -0.141. The van der Waals surface area contributed by atoms with Gasteiger partial charge in [0.25, 0.3) is 11.8 Å². The lowest BCUT2D eigenvalue weighted by Crippen LogP contribution is -2.59. The molecule has 3 rings (SSSR count). The van der Waals surface area contributed by atoms with Crippen molar-refractivity contribution in [2.75, 3.05) is 0 Å². The summed E-state index contributed by atoms with van der Waals surface area (Å²) in [5.74, 6) is -3.51. The van der Waals surface area contributed by atoms with E-state index < -0.39 is 63.9 Å². The van der Waals surface area contributed by atoms with Crippen LogP contribution >= 0.6 is 0 Å². The molecular formula is C30H40N5O6S+. The number of nitrogens with zero attached hydrogens (tertiary/aromatic N) is 1. The third-order valence-corrected chi connectivity index (χ3v) is 7.90. The van der Waals surface area contributed by atoms with Gasteiger partial charge in [0.05, 0.1) is 6.04 Å². The molecule has 12 heteroatoms. The number of nitrogens with two attached hydrogens (primary N) is 1. The van der Waals surface area contributed by atoms with Gasteiger partial charge in [-0.05, 0) is 47.6 Å². The van der Waals surface area contributed by atoms with Crippen LogP contribution in [0.15, 0.2) is 53.4 Å². The van der Waals surface area contributed by atoms with Crippen molar-refractivity contribution in [1.29, 1.82) is 0 Å². The Balaban J connectivity index is 1.63. The summed E-state index contributed by atoms with van der Waals surface area (Å²) in [6, 6.07) is 10.6. The molecule has 0 bridgehead atoms. The SMILES string of the molecule is CC(C)[C@H](NC(=O)[C@H](C)NC(=O)[C@@H](N1Cc2ccccc2C1=O)C(C)(C)C)C(=O)C(=O)NCc1ccc([SH+](N)=O)cc1. The van der Waals surface area contributed by atoms with Gasteiger partial charge in [0.1, 0.15) is 12.1 Å². The van der Waals surface area contributed by atoms with E-state index in [1.165, 1.54) is 11.8 Å². The summed E-state index contributed by atoms with van der Waals surface area (Å²) < 4.78 is 11.4. The fourth-order valence-corrected chi connectivity index (χ4v) is 5.27. The van der Waals surface area contributed by atoms with Gasteiger partial charge in [-0.25, -0.2) is 0 Å². The van der Waals surface area contributed by atoms with Crippen molar-refractivity contribution in [2.45, 2.75) is 77.7 Å². The van der Waals surface area contributed by atoms with Crippen LogP contribution in [-0.4, -0.2) is 52.4 Å². The smallest absolute Gasteiger partial charge is 0.289 e. The van der Waals surface area contributed by atoms with Crippen molar-refractivity contribution in [3.05, 3.63) is 65.2 Å². The minimum atomic E-state index is -1.98. The molecule has 4 atom stereocenters. The molecule has 0 fully saturated rings. The Labute approximate surface area is 248 Å². The molecule has 11 nitrogen and oxygen atoms in total. The molecule has 0 aliphatic carbocycles. The van der Waals surface area contributed by atoms with Crippen LogP contribution in [0.1, 0.15) is 63.0 Å². The minimum absolute atomic E-state index is 0.0463. The molecule has 42 heavy (non-hydrogen) atoms. The topological polar surface area (TPSA) is 168 Å². The van der Waals surface area contributed by atoms with E-state index in [1.54, 1.807) is 50.2 Å². The van der Waals surface area contributed by atoms with Crippen molar-refractivity contribution in [3.8, 4) is 0 Å². The monoisotopic (exact) mass is 598 g/mol. The van der Waals surface area contributed by atoms with Crippen LogP contribution in [0.5, 0.6) is 0 Å². The number of fused-ring (bicyclic) bond motifs is 1. The highest BCUT2D eigenvalue weighted by Crippen LogP contribution is 2.32. The number of carbonyl (C=O) groups excluding carboxylic acids is 5. The third kappa shape index (κ3) is 7.68. The van der Waals surface area contributed by atoms with Crippen molar-refractivity contribution >= 4 is 40.4 Å². The Bertz CT molecular complexity index is 1390. The van der Waals surface area contributed by atoms with E-state index in [-0.39, 0.29) is 19.0 Å². The van der Waals surface area contributed by atoms with E-state index in [4.69, 9.17) is 5.14 Å². The van der Waals surface area contributed by atoms with Crippen LogP contribution < -0.4 is 21.1 Å². The summed E-state index contributed by atoms with van der Waals surface area (Å²) >= 11 is 0. The first-order valence-electron chi connectivity index (χ1n) is 13.7. The first kappa shape index (κ1) is 32.6. The number of rotatable bonds is 11. The van der Waals surface area contributed by atoms with Gasteiger partial charge in [-0.15, -0.1) is 5.14 Å². The second-order valence-corrected chi connectivity index (χ2v) is 13.0. The molecule has 1 heterocycles. The first-order chi connectivity index (χ1) is 19.6. The van der Waals surface area contributed by atoms with Gasteiger partial charge >= 0.3 is 0 Å². The Hall–Kier alpha value is -3.90. The molecule has 2 aromatic rings. The van der Waals surface area contributed by atoms with Crippen molar-refractivity contribution < 1.29 is 28.2 Å². The number of thiol groups is 1. The molecule has 1 aliphatic heterocycles. The van der Waals surface area contributed by atoms with Gasteiger partial charge in [-0.3, -0.25) is 24.0 Å². The van der Waals surface area contributed by atoms with E-state index in [0.29, 0.717) is 16.0 Å². The van der Waals surface area contributed by atoms with Crippen LogP contribution in [0.2, 0.25) is 0 Å². The lowest BCUT2D eigenvalue weighted by atomic mass is 9.84. The van der Waals surface area contributed by atoms with Crippen LogP contribution in [0.25, 0.3) is 0 Å². The van der Waals surface area contributed by atoms with Gasteiger partial charge in [0.2, 0.25) is 17.6 Å². The number of nitrogens with one attached hydrogen (secondary N) is 3. The summed E-state index contributed by atoms with van der Waals surface area (Å²) in [6.45, 7) is 10.7. The second-order valence-electron chi connectivity index (χ2n) is 11.9. The summed E-state index contributed by atoms with van der Waals surface area (Å²) in [7, 11) is -1.98. The predicted octanol–water partition coefficient (Wildman–Crippen LogP) is 1.52. The molecule has 0 saturated heterocycles. The number of hydrogen-bond donors (Lipinski definition) is 4. The Morgan fingerprint density at radius 2 is 1.57 bits per heavy atom. The van der Waals surface area contributed by atoms with E-state index in [9.17, 15) is 28.2 Å². The number of benzene rings is 2. The maximum Gasteiger partial charge on any atom is 0.289 e. The van der Waals surface area contributed by atoms with Gasteiger partial charge < -0.3 is 20.9 Å². The number of Topliss-reactive ketones (excluding diaryl/α,β-unsaturated/α-hetero) is 1. The van der Waals surface area contributed by atoms with E-state index in [0.717, 1.165) is 5.56 Å². The highest BCUT2D eigenvalue weighted by molar-refractivity contribution is 7.82. The largest absolute Gasteiger partial charge is 0.345 e. The fourth-order valence-electron chi connectivity index (χ4n) is 4.83. The average molecular weight is 599 g/mol. The van der Waals surface area contributed by atoms with Gasteiger partial charge in [-0.1, -0.05) is 69.2 Å². The molecule has 0 radical (unpaired) electrons. The quantitative estimate of drug-likeness (QED) is 0.174. The van der Waals surface area contributed by atoms with Gasteiger partial charge in [0, 0.05) is 18.7 Å². The summed E-state index contributed by atoms with van der Waals surface area (Å²) in [5.41, 5.74) is 1.41. The molecule has 0 spiro atoms. The fraction of sp³-hybridized carbons (Fsp3) is 0.433. The number of amides is 4. The van der Waals surface area contributed by atoms with E-state index >= 15 is 0 Å². The Morgan fingerprint density at radius 3 is 2.12 bits per heavy atom. The molecule has 0 saturated carbocycles. The summed E-state index contributed by atoms with van der Waals surface area (Å²) in [4.78, 5) is 67.3. The first-order valence-corrected chi connectivity index (χ1v) is 15.1. The van der Waals surface area contributed by atoms with Gasteiger partial charge in [-0.2, -0.15) is 0 Å². The minimum Gasteiger partial charge on any atom is -0.345 e. The molecule has 2 aromatic carbocycles. The highest BCUT2D eigenvalue weighted by Gasteiger charge is 2.43. The molecule has 5 N–H and O–H groups in total. The molecule has 1 unspecified atom stereocenters. The Morgan fingerprint density at radius 1 is 0.952 bits per heavy atom. The third-order valence-electron chi connectivity index (χ3n) is 7.10. The van der Waals surface area contributed by atoms with E-state index in [2.05, 4.69) is 16.0 Å². The molecule has 4 amide bonds. The standard InChI is InChI=1S/C30H39N5O6S/c1-17(2)23(24(36)27(38)32-15-19-11-13-21(14-12-19)42(31)41)34-26(37)18(3)33-28(39)25(30(4,5)6)35-16-20-9-7-8-10-22(20)29(35)40/h7-14,17-18,23,25H,15-16H2,1-6H3,(H2,31,41)(H,32,38)(H,33,39)(H,34,37)/p+1/t18-,23-,25+,42?/m0/s1. The van der Waals surface area contributed by atoms with Crippen LogP contribution in [0.4, 0.5) is 0 Å². The number of hydrogen-bond acceptors (Lipinski definition) is 6. The normalized spacial score (nSPS) is 15.8. The Kier molecular flexibility index (Phi) is 10.4. The van der Waals surface area contributed by atoms with Crippen molar-refractivity contribution in [1.82, 2.24) is 20.9 Å². The predicted molar refractivity (Wildman–Crippen MR) is 159 cm³/mol. The van der Waals surface area contributed by atoms with Crippen LogP contribution in [0, 0.1) is 11.3 Å². The van der Waals surface area contributed by atoms with E-state index in [1.807, 2.05) is 32.9 Å². The zero-order valence-electron chi connectivity index (χ0n) is 24.8. The molecule has 226 valence electrons. The van der Waals surface area contributed by atoms with Crippen LogP contribution in [0.3, 0.4) is 0 Å². The zero-order chi connectivity index (χ0) is 31.4. The van der Waals surface area contributed by atoms with Crippen LogP contribution in [-0.2, 0) is 47.5 Å². The van der Waals surface area contributed by atoms with Crippen molar-refractivity contribution in [3.63, 3.8) is 0 Å². The molecular weight excluding hydrogens is 558 g/mol. The molecule has 1 aliphatic rings. The summed E-state index contributed by atoms with van der Waals surface area (Å²) in [5, 5.41) is 13.2. The summed E-state index contributed by atoms with van der Waals surface area (Å²) in [6.07, 6.45) is 0. The van der Waals surface area contributed by atoms with Gasteiger partial charge in [0.15, 0.2) is 15.9 Å². The molecule has 0 aromatic heterocycles. The zero-order valence-corrected chi connectivity index (χ0v) is 25.7. The number of ketones is 1.